The van der Waals surface area contributed by atoms with Crippen molar-refractivity contribution in [3.05, 3.63) is 70.0 Å². The number of nitrogens with one attached hydrogen (secondary N) is 1. The Morgan fingerprint density at radius 3 is 2.60 bits per heavy atom. The van der Waals surface area contributed by atoms with E-state index in [1.807, 2.05) is 6.07 Å². The van der Waals surface area contributed by atoms with Crippen LogP contribution in [-0.4, -0.2) is 16.6 Å². The summed E-state index contributed by atoms with van der Waals surface area (Å²) in [4.78, 5) is 9.96. The Hall–Kier alpha value is -2.47. The molecule has 6 heteroatoms. The summed E-state index contributed by atoms with van der Waals surface area (Å²) in [6.45, 7) is 0.130. The van der Waals surface area contributed by atoms with Gasteiger partial charge in [0, 0.05) is 18.3 Å². The van der Waals surface area contributed by atoms with Crippen molar-refractivity contribution in [2.75, 3.05) is 11.9 Å². The second-order valence-corrected chi connectivity index (χ2v) is 4.26. The molecule has 0 bridgehead atoms. The van der Waals surface area contributed by atoms with Gasteiger partial charge in [0.25, 0.3) is 5.69 Å². The van der Waals surface area contributed by atoms with Crippen molar-refractivity contribution in [3.8, 4) is 0 Å². The highest BCUT2D eigenvalue weighted by molar-refractivity contribution is 5.51. The Morgan fingerprint density at radius 1 is 1.25 bits per heavy atom. The highest BCUT2D eigenvalue weighted by Gasteiger charge is 2.11. The smallest absolute Gasteiger partial charge is 0.274 e. The predicted octanol–water partition coefficient (Wildman–Crippen LogP) is 2.88. The molecule has 0 aliphatic rings. The minimum atomic E-state index is -0.779. The van der Waals surface area contributed by atoms with Crippen LogP contribution in [0.4, 0.5) is 15.8 Å². The molecule has 1 atom stereocenters. The Bertz CT molecular complexity index is 605. The van der Waals surface area contributed by atoms with Crippen molar-refractivity contribution in [2.45, 2.75) is 6.10 Å². The molecule has 2 aromatic carbocycles. The number of halogens is 1. The molecule has 2 rings (SSSR count). The van der Waals surface area contributed by atoms with Crippen LogP contribution in [-0.2, 0) is 0 Å². The zero-order valence-electron chi connectivity index (χ0n) is 10.5. The van der Waals surface area contributed by atoms with E-state index in [0.29, 0.717) is 5.56 Å². The summed E-state index contributed by atoms with van der Waals surface area (Å²) < 4.78 is 13.2. The number of aliphatic hydroxyl groups is 1. The monoisotopic (exact) mass is 276 g/mol. The zero-order valence-corrected chi connectivity index (χ0v) is 10.5. The van der Waals surface area contributed by atoms with E-state index >= 15 is 0 Å². The van der Waals surface area contributed by atoms with E-state index in [2.05, 4.69) is 5.32 Å². The van der Waals surface area contributed by atoms with Crippen molar-refractivity contribution >= 4 is 11.4 Å². The summed E-state index contributed by atoms with van der Waals surface area (Å²) in [5.41, 5.74) is 0.638. The lowest BCUT2D eigenvalue weighted by atomic mass is 10.1. The number of nitro groups is 1. The molecule has 0 aliphatic carbocycles. The standard InChI is InChI=1S/C14H13FN2O3/c15-11-6-12(8-13(7-11)17(19)20)16-9-14(18)10-4-2-1-3-5-10/h1-8,14,16,18H,9H2. The molecule has 0 fully saturated rings. The number of nitrogens with zero attached hydrogens (tertiary/aromatic N) is 1. The third-order valence-corrected chi connectivity index (χ3v) is 2.78. The van der Waals surface area contributed by atoms with Crippen LogP contribution in [0, 0.1) is 15.9 Å². The highest BCUT2D eigenvalue weighted by Crippen LogP contribution is 2.21. The van der Waals surface area contributed by atoms with Crippen LogP contribution >= 0.6 is 0 Å². The summed E-state index contributed by atoms with van der Waals surface area (Å²) in [7, 11) is 0. The number of rotatable bonds is 5. The zero-order chi connectivity index (χ0) is 14.5. The molecule has 0 radical (unpaired) electrons. The molecule has 0 saturated carbocycles. The van der Waals surface area contributed by atoms with Gasteiger partial charge in [0.05, 0.1) is 17.1 Å². The lowest BCUT2D eigenvalue weighted by Crippen LogP contribution is -2.12. The average Bonchev–Trinajstić information content (AvgIpc) is 2.45. The Balaban J connectivity index is 2.06. The summed E-state index contributed by atoms with van der Waals surface area (Å²) in [5.74, 6) is -0.698. The van der Waals surface area contributed by atoms with Gasteiger partial charge in [0.2, 0.25) is 0 Å². The fourth-order valence-electron chi connectivity index (χ4n) is 1.79. The van der Waals surface area contributed by atoms with E-state index in [4.69, 9.17) is 0 Å². The molecule has 1 unspecified atom stereocenters. The second-order valence-electron chi connectivity index (χ2n) is 4.26. The Labute approximate surface area is 114 Å². The fraction of sp³-hybridized carbons (Fsp3) is 0.143. The van der Waals surface area contributed by atoms with Crippen molar-refractivity contribution in [1.82, 2.24) is 0 Å². The molecule has 0 spiro atoms. The molecule has 0 aromatic heterocycles. The topological polar surface area (TPSA) is 75.4 Å². The molecular weight excluding hydrogens is 263 g/mol. The molecule has 104 valence electrons. The molecule has 20 heavy (non-hydrogen) atoms. The van der Waals surface area contributed by atoms with Crippen LogP contribution in [0.3, 0.4) is 0 Å². The average molecular weight is 276 g/mol. The van der Waals surface area contributed by atoms with E-state index in [0.717, 1.165) is 12.1 Å². The Kier molecular flexibility index (Phi) is 4.27. The second kappa shape index (κ2) is 6.12. The van der Waals surface area contributed by atoms with Crippen LogP contribution in [0.15, 0.2) is 48.5 Å². The van der Waals surface area contributed by atoms with Gasteiger partial charge in [0.1, 0.15) is 5.82 Å². The van der Waals surface area contributed by atoms with Gasteiger partial charge in [-0.15, -0.1) is 0 Å². The molecule has 2 N–H and O–H groups in total. The summed E-state index contributed by atoms with van der Waals surface area (Å²) in [6, 6.07) is 12.2. The van der Waals surface area contributed by atoms with Crippen molar-refractivity contribution in [3.63, 3.8) is 0 Å². The first kappa shape index (κ1) is 14.0. The van der Waals surface area contributed by atoms with Gasteiger partial charge in [0.15, 0.2) is 0 Å². The maximum atomic E-state index is 13.2. The number of nitro benzene ring substituents is 1. The van der Waals surface area contributed by atoms with Crippen molar-refractivity contribution < 1.29 is 14.4 Å². The number of benzene rings is 2. The fourth-order valence-corrected chi connectivity index (χ4v) is 1.79. The van der Waals surface area contributed by atoms with E-state index in [1.165, 1.54) is 6.07 Å². The SMILES string of the molecule is O=[N+]([O-])c1cc(F)cc(NCC(O)c2ccccc2)c1. The number of non-ortho nitro benzene ring substituents is 1. The quantitative estimate of drug-likeness (QED) is 0.650. The van der Waals surface area contributed by atoms with Gasteiger partial charge in [-0.3, -0.25) is 10.1 Å². The maximum absolute atomic E-state index is 13.2. The molecule has 0 aliphatic heterocycles. The van der Waals surface area contributed by atoms with Gasteiger partial charge < -0.3 is 10.4 Å². The molecule has 0 amide bonds. The molecule has 0 heterocycles. The molecule has 0 saturated heterocycles. The van der Waals surface area contributed by atoms with Crippen LogP contribution in [0.2, 0.25) is 0 Å². The lowest BCUT2D eigenvalue weighted by molar-refractivity contribution is -0.385. The van der Waals surface area contributed by atoms with Gasteiger partial charge in [-0.05, 0) is 11.6 Å². The summed E-state index contributed by atoms with van der Waals surface area (Å²) in [5, 5.41) is 23.4. The first-order valence-corrected chi connectivity index (χ1v) is 5.98. The molecule has 5 nitrogen and oxygen atoms in total. The van der Waals surface area contributed by atoms with E-state index in [9.17, 15) is 19.6 Å². The third kappa shape index (κ3) is 3.52. The van der Waals surface area contributed by atoms with Gasteiger partial charge in [-0.25, -0.2) is 4.39 Å². The normalized spacial score (nSPS) is 11.9. The summed E-state index contributed by atoms with van der Waals surface area (Å²) >= 11 is 0. The summed E-state index contributed by atoms with van der Waals surface area (Å²) in [6.07, 6.45) is -0.779. The Morgan fingerprint density at radius 2 is 1.95 bits per heavy atom. The van der Waals surface area contributed by atoms with Gasteiger partial charge in [-0.1, -0.05) is 30.3 Å². The number of aliphatic hydroxyl groups excluding tert-OH is 1. The minimum Gasteiger partial charge on any atom is -0.387 e. The number of anilines is 1. The van der Waals surface area contributed by atoms with Gasteiger partial charge >= 0.3 is 0 Å². The largest absolute Gasteiger partial charge is 0.387 e. The van der Waals surface area contributed by atoms with E-state index < -0.39 is 16.8 Å². The molecule has 2 aromatic rings. The van der Waals surface area contributed by atoms with E-state index in [1.54, 1.807) is 24.3 Å². The third-order valence-electron chi connectivity index (χ3n) is 2.78. The van der Waals surface area contributed by atoms with Gasteiger partial charge in [-0.2, -0.15) is 0 Å². The highest BCUT2D eigenvalue weighted by atomic mass is 19.1. The van der Waals surface area contributed by atoms with Crippen LogP contribution in [0.5, 0.6) is 0 Å². The first-order chi connectivity index (χ1) is 9.56. The predicted molar refractivity (Wildman–Crippen MR) is 72.9 cm³/mol. The number of hydrogen-bond donors (Lipinski definition) is 2. The van der Waals surface area contributed by atoms with Crippen molar-refractivity contribution in [1.29, 1.82) is 0 Å². The number of hydrogen-bond acceptors (Lipinski definition) is 4. The molecular formula is C14H13FN2O3. The maximum Gasteiger partial charge on any atom is 0.274 e. The minimum absolute atomic E-state index is 0.130. The lowest BCUT2D eigenvalue weighted by Gasteiger charge is -2.13. The van der Waals surface area contributed by atoms with Crippen LogP contribution < -0.4 is 5.32 Å². The van der Waals surface area contributed by atoms with Crippen LogP contribution in [0.1, 0.15) is 11.7 Å². The first-order valence-electron chi connectivity index (χ1n) is 5.98. The van der Waals surface area contributed by atoms with E-state index in [-0.39, 0.29) is 17.9 Å². The van der Waals surface area contributed by atoms with Crippen LogP contribution in [0.25, 0.3) is 0 Å². The van der Waals surface area contributed by atoms with Crippen molar-refractivity contribution in [2.24, 2.45) is 0 Å².